The molecule has 36 heavy (non-hydrogen) atoms. The summed E-state index contributed by atoms with van der Waals surface area (Å²) in [5, 5.41) is -0.216. The molecule has 13 heteroatoms. The van der Waals surface area contributed by atoms with Gasteiger partial charge in [0.05, 0.1) is 11.6 Å². The number of esters is 1. The van der Waals surface area contributed by atoms with Crippen LogP contribution >= 0.6 is 11.6 Å². The number of amides is 1. The molecule has 1 aromatic heterocycles. The third-order valence-electron chi connectivity index (χ3n) is 4.48. The minimum atomic E-state index is -5.00. The molecule has 0 saturated heterocycles. The summed E-state index contributed by atoms with van der Waals surface area (Å²) in [6.07, 6.45) is -4.21. The lowest BCUT2D eigenvalue weighted by molar-refractivity contribution is -0.145. The molecule has 1 amide bonds. The summed E-state index contributed by atoms with van der Waals surface area (Å²) in [6.45, 7) is 2.19. The van der Waals surface area contributed by atoms with Crippen molar-refractivity contribution < 1.29 is 46.2 Å². The number of hydrogen-bond donors (Lipinski definition) is 0. The quantitative estimate of drug-likeness (QED) is 0.250. The number of alkyl halides is 3. The maximum Gasteiger partial charge on any atom is 0.431 e. The highest BCUT2D eigenvalue weighted by Crippen LogP contribution is 2.36. The van der Waals surface area contributed by atoms with Crippen LogP contribution in [0, 0.1) is 5.82 Å². The Morgan fingerprint density at radius 3 is 2.50 bits per heavy atom. The Hall–Kier alpha value is -3.67. The van der Waals surface area contributed by atoms with E-state index in [0.717, 1.165) is 26.1 Å². The first-order valence-electron chi connectivity index (χ1n) is 10.3. The van der Waals surface area contributed by atoms with Crippen LogP contribution in [-0.4, -0.2) is 54.0 Å². The van der Waals surface area contributed by atoms with Crippen LogP contribution in [0.25, 0.3) is 0 Å². The Morgan fingerprint density at radius 2 is 1.89 bits per heavy atom. The van der Waals surface area contributed by atoms with Gasteiger partial charge >= 0.3 is 12.1 Å². The van der Waals surface area contributed by atoms with Gasteiger partial charge in [-0.05, 0) is 36.8 Å². The maximum atomic E-state index is 14.5. The molecule has 2 aromatic rings. The Balaban J connectivity index is 2.31. The highest BCUT2D eigenvalue weighted by Gasteiger charge is 2.38. The molecule has 0 atom stereocenters. The summed E-state index contributed by atoms with van der Waals surface area (Å²) < 4.78 is 70.0. The molecule has 0 aliphatic heterocycles. The Bertz CT molecular complexity index is 1170. The Morgan fingerprint density at radius 1 is 1.19 bits per heavy atom. The van der Waals surface area contributed by atoms with E-state index in [1.807, 2.05) is 0 Å². The molecule has 0 unspecified atom stereocenters. The van der Waals surface area contributed by atoms with E-state index < -0.39 is 48.4 Å². The zero-order chi connectivity index (χ0) is 27.0. The highest BCUT2D eigenvalue weighted by atomic mass is 35.5. The molecule has 0 fully saturated rings. The van der Waals surface area contributed by atoms with Crippen molar-refractivity contribution in [1.82, 2.24) is 9.88 Å². The van der Waals surface area contributed by atoms with Crippen LogP contribution in [0.3, 0.4) is 0 Å². The topological polar surface area (TPSA) is 95.0 Å². The average Bonchev–Trinajstić information content (AvgIpc) is 2.79. The number of ketones is 1. The van der Waals surface area contributed by atoms with Gasteiger partial charge in [-0.15, -0.1) is 0 Å². The van der Waals surface area contributed by atoms with Crippen molar-refractivity contribution >= 4 is 29.3 Å². The molecule has 1 aromatic carbocycles. The first-order chi connectivity index (χ1) is 16.8. The van der Waals surface area contributed by atoms with Crippen LogP contribution in [0.1, 0.15) is 19.4 Å². The van der Waals surface area contributed by atoms with E-state index in [2.05, 4.69) is 4.98 Å². The van der Waals surface area contributed by atoms with Crippen LogP contribution in [0.2, 0.25) is 5.02 Å². The second kappa shape index (κ2) is 12.3. The first kappa shape index (κ1) is 28.6. The molecule has 2 rings (SSSR count). The number of ether oxygens (including phenoxy) is 3. The molecule has 0 aliphatic carbocycles. The van der Waals surface area contributed by atoms with Gasteiger partial charge in [-0.2, -0.15) is 13.2 Å². The van der Waals surface area contributed by atoms with E-state index in [1.54, 1.807) is 6.92 Å². The van der Waals surface area contributed by atoms with Crippen LogP contribution in [0.5, 0.6) is 17.4 Å². The first-order valence-corrected chi connectivity index (χ1v) is 10.7. The molecular formula is C23H21ClF4N2O6. The number of benzene rings is 1. The lowest BCUT2D eigenvalue weighted by atomic mass is 10.1. The molecule has 194 valence electrons. The summed E-state index contributed by atoms with van der Waals surface area (Å²) in [5.74, 6) is -3.98. The monoisotopic (exact) mass is 532 g/mol. The molecule has 1 heterocycles. The SMILES string of the molecule is CCOC(=O)COc1ncccc1Oc1cc(CC(=O)/C=C(\N(C)C(C)=O)C(F)(F)F)c(F)cc1Cl. The van der Waals surface area contributed by atoms with E-state index in [1.165, 1.54) is 18.3 Å². The van der Waals surface area contributed by atoms with E-state index >= 15 is 0 Å². The van der Waals surface area contributed by atoms with Crippen molar-refractivity contribution in [1.29, 1.82) is 0 Å². The van der Waals surface area contributed by atoms with Gasteiger partial charge in [0.1, 0.15) is 17.3 Å². The van der Waals surface area contributed by atoms with Gasteiger partial charge in [0.2, 0.25) is 5.91 Å². The zero-order valence-corrected chi connectivity index (χ0v) is 20.1. The highest BCUT2D eigenvalue weighted by molar-refractivity contribution is 6.32. The fourth-order valence-electron chi connectivity index (χ4n) is 2.73. The van der Waals surface area contributed by atoms with Crippen LogP contribution in [-0.2, 0) is 25.5 Å². The lowest BCUT2D eigenvalue weighted by Gasteiger charge is -2.21. The predicted molar refractivity (Wildman–Crippen MR) is 119 cm³/mol. The molecule has 0 radical (unpaired) electrons. The van der Waals surface area contributed by atoms with Gasteiger partial charge in [-0.3, -0.25) is 9.59 Å². The molecule has 8 nitrogen and oxygen atoms in total. The summed E-state index contributed by atoms with van der Waals surface area (Å²) in [7, 11) is 0.860. The predicted octanol–water partition coefficient (Wildman–Crippen LogP) is 4.64. The standard InChI is InChI=1S/C23H21ClF4N2O6/c1-4-34-21(33)12-35-22-18(6-5-7-29-22)36-19-9-14(17(25)11-16(19)24)8-15(32)10-20(23(26,27)28)30(3)13(2)31/h5-7,9-11H,4,8,12H2,1-3H3/b20-10-. The molecule has 0 aliphatic rings. The second-order valence-electron chi connectivity index (χ2n) is 7.12. The number of halogens is 5. The summed E-state index contributed by atoms with van der Waals surface area (Å²) >= 11 is 6.04. The molecule has 0 bridgehead atoms. The number of carbonyl (C=O) groups is 3. The summed E-state index contributed by atoms with van der Waals surface area (Å²) in [4.78, 5) is 39.4. The smallest absolute Gasteiger partial charge is 0.431 e. The minimum absolute atomic E-state index is 0.0186. The van der Waals surface area contributed by atoms with Crippen molar-refractivity contribution in [3.05, 3.63) is 58.6 Å². The van der Waals surface area contributed by atoms with Gasteiger partial charge in [0, 0.05) is 32.7 Å². The van der Waals surface area contributed by atoms with Crippen molar-refractivity contribution in [3.8, 4) is 17.4 Å². The van der Waals surface area contributed by atoms with E-state index in [9.17, 15) is 31.9 Å². The van der Waals surface area contributed by atoms with Crippen molar-refractivity contribution in [2.75, 3.05) is 20.3 Å². The molecular weight excluding hydrogens is 512 g/mol. The largest absolute Gasteiger partial charge is 0.463 e. The van der Waals surface area contributed by atoms with Gasteiger partial charge in [-0.25, -0.2) is 14.2 Å². The number of pyridine rings is 1. The van der Waals surface area contributed by atoms with Crippen molar-refractivity contribution in [2.45, 2.75) is 26.4 Å². The summed E-state index contributed by atoms with van der Waals surface area (Å²) in [6, 6.07) is 4.75. The number of allylic oxidation sites excluding steroid dienone is 2. The van der Waals surface area contributed by atoms with Gasteiger partial charge < -0.3 is 19.1 Å². The Labute approximate surface area is 208 Å². The maximum absolute atomic E-state index is 14.5. The normalized spacial score (nSPS) is 11.6. The minimum Gasteiger partial charge on any atom is -0.463 e. The fraction of sp³-hybridized carbons (Fsp3) is 0.304. The third-order valence-corrected chi connectivity index (χ3v) is 4.77. The Kier molecular flexibility index (Phi) is 9.79. The number of hydrogen-bond acceptors (Lipinski definition) is 7. The van der Waals surface area contributed by atoms with Gasteiger partial charge in [-0.1, -0.05) is 11.6 Å². The van der Waals surface area contributed by atoms with E-state index in [4.69, 9.17) is 25.8 Å². The molecule has 0 saturated carbocycles. The molecule has 0 N–H and O–H groups in total. The van der Waals surface area contributed by atoms with Crippen molar-refractivity contribution in [3.63, 3.8) is 0 Å². The number of carbonyl (C=O) groups excluding carboxylic acids is 3. The van der Waals surface area contributed by atoms with Crippen LogP contribution in [0.4, 0.5) is 17.6 Å². The van der Waals surface area contributed by atoms with E-state index in [-0.39, 0.29) is 45.5 Å². The zero-order valence-electron chi connectivity index (χ0n) is 19.3. The van der Waals surface area contributed by atoms with Crippen LogP contribution in [0.15, 0.2) is 42.2 Å². The second-order valence-corrected chi connectivity index (χ2v) is 7.53. The number of aromatic nitrogens is 1. The lowest BCUT2D eigenvalue weighted by Crippen LogP contribution is -2.32. The third kappa shape index (κ3) is 7.94. The van der Waals surface area contributed by atoms with Crippen LogP contribution < -0.4 is 9.47 Å². The average molecular weight is 533 g/mol. The molecule has 0 spiro atoms. The number of nitrogens with zero attached hydrogens (tertiary/aromatic N) is 2. The number of rotatable bonds is 10. The fourth-order valence-corrected chi connectivity index (χ4v) is 2.91. The summed E-state index contributed by atoms with van der Waals surface area (Å²) in [5.41, 5.74) is -1.81. The van der Waals surface area contributed by atoms with Crippen molar-refractivity contribution in [2.24, 2.45) is 0 Å². The van der Waals surface area contributed by atoms with Gasteiger partial charge in [0.25, 0.3) is 5.88 Å². The van der Waals surface area contributed by atoms with Gasteiger partial charge in [0.15, 0.2) is 18.1 Å². The van der Waals surface area contributed by atoms with E-state index in [0.29, 0.717) is 0 Å².